The SMILES string of the molecule is COc1cc(/C=N\NC(=O)c2ccccc2Br)cc(Cl)c1OCc1ccccc1Cl. The lowest BCUT2D eigenvalue weighted by atomic mass is 10.2. The van der Waals surface area contributed by atoms with Gasteiger partial charge in [-0.3, -0.25) is 4.79 Å². The van der Waals surface area contributed by atoms with Crippen LogP contribution in [-0.2, 0) is 6.61 Å². The summed E-state index contributed by atoms with van der Waals surface area (Å²) in [6, 6.07) is 17.8. The van der Waals surface area contributed by atoms with E-state index in [0.29, 0.717) is 37.1 Å². The van der Waals surface area contributed by atoms with Crippen molar-refractivity contribution < 1.29 is 14.3 Å². The Morgan fingerprint density at radius 1 is 1.10 bits per heavy atom. The predicted octanol–water partition coefficient (Wildman–Crippen LogP) is 6.11. The molecule has 0 bridgehead atoms. The number of nitrogens with zero attached hydrogens (tertiary/aromatic N) is 1. The van der Waals surface area contributed by atoms with E-state index >= 15 is 0 Å². The molecule has 3 aromatic carbocycles. The molecule has 0 aliphatic rings. The van der Waals surface area contributed by atoms with Crippen LogP contribution in [0.3, 0.4) is 0 Å². The Kier molecular flexibility index (Phi) is 7.74. The van der Waals surface area contributed by atoms with Crippen LogP contribution in [0, 0.1) is 0 Å². The Labute approximate surface area is 192 Å². The minimum atomic E-state index is -0.337. The number of carbonyl (C=O) groups excluding carboxylic acids is 1. The number of nitrogens with one attached hydrogen (secondary N) is 1. The highest BCUT2D eigenvalue weighted by atomic mass is 79.9. The van der Waals surface area contributed by atoms with Gasteiger partial charge in [0.25, 0.3) is 5.91 Å². The van der Waals surface area contributed by atoms with Gasteiger partial charge in [0, 0.05) is 15.1 Å². The summed E-state index contributed by atoms with van der Waals surface area (Å²) >= 11 is 15.9. The van der Waals surface area contributed by atoms with Gasteiger partial charge < -0.3 is 9.47 Å². The average Bonchev–Trinajstić information content (AvgIpc) is 2.74. The van der Waals surface area contributed by atoms with Crippen molar-refractivity contribution in [1.29, 1.82) is 0 Å². The van der Waals surface area contributed by atoms with E-state index in [2.05, 4.69) is 26.5 Å². The third kappa shape index (κ3) is 5.53. The first kappa shape index (κ1) is 22.2. The highest BCUT2D eigenvalue weighted by Gasteiger charge is 2.13. The Morgan fingerprint density at radius 3 is 2.57 bits per heavy atom. The van der Waals surface area contributed by atoms with E-state index in [-0.39, 0.29) is 12.5 Å². The summed E-state index contributed by atoms with van der Waals surface area (Å²) in [4.78, 5) is 12.2. The number of rotatable bonds is 7. The number of halogens is 3. The van der Waals surface area contributed by atoms with Crippen LogP contribution in [0.4, 0.5) is 0 Å². The van der Waals surface area contributed by atoms with E-state index in [1.54, 1.807) is 36.4 Å². The lowest BCUT2D eigenvalue weighted by Crippen LogP contribution is -2.18. The molecule has 1 amide bonds. The molecule has 0 radical (unpaired) electrons. The number of methoxy groups -OCH3 is 1. The standard InChI is InChI=1S/C22H17BrCl2N2O3/c1-29-20-11-14(12-26-27-22(28)16-7-3-4-8-17(16)23)10-19(25)21(20)30-13-15-6-2-5-9-18(15)24/h2-12H,13H2,1H3,(H,27,28)/b26-12-. The van der Waals surface area contributed by atoms with Crippen LogP contribution in [0.1, 0.15) is 21.5 Å². The fourth-order valence-corrected chi connectivity index (χ4v) is 3.52. The van der Waals surface area contributed by atoms with Gasteiger partial charge in [-0.2, -0.15) is 5.10 Å². The van der Waals surface area contributed by atoms with E-state index in [1.807, 2.05) is 24.3 Å². The van der Waals surface area contributed by atoms with Crippen LogP contribution in [0.5, 0.6) is 11.5 Å². The Bertz CT molecular complexity index is 1090. The van der Waals surface area contributed by atoms with E-state index in [4.69, 9.17) is 32.7 Å². The molecule has 30 heavy (non-hydrogen) atoms. The molecular formula is C22H17BrCl2N2O3. The quantitative estimate of drug-likeness (QED) is 0.310. The largest absolute Gasteiger partial charge is 0.493 e. The summed E-state index contributed by atoms with van der Waals surface area (Å²) in [5.41, 5.74) is 4.43. The van der Waals surface area contributed by atoms with Gasteiger partial charge in [0.1, 0.15) is 6.61 Å². The van der Waals surface area contributed by atoms with Crippen LogP contribution >= 0.6 is 39.1 Å². The summed E-state index contributed by atoms with van der Waals surface area (Å²) < 4.78 is 11.9. The highest BCUT2D eigenvalue weighted by molar-refractivity contribution is 9.10. The van der Waals surface area contributed by atoms with Crippen LogP contribution < -0.4 is 14.9 Å². The van der Waals surface area contributed by atoms with E-state index in [9.17, 15) is 4.79 Å². The zero-order valence-electron chi connectivity index (χ0n) is 15.9. The molecule has 0 saturated carbocycles. The van der Waals surface area contributed by atoms with Gasteiger partial charge in [-0.15, -0.1) is 0 Å². The molecule has 0 aliphatic carbocycles. The molecule has 0 heterocycles. The maximum Gasteiger partial charge on any atom is 0.272 e. The number of hydrogen-bond acceptors (Lipinski definition) is 4. The summed E-state index contributed by atoms with van der Waals surface area (Å²) in [5, 5.41) is 4.95. The molecule has 3 aromatic rings. The second-order valence-corrected chi connectivity index (χ2v) is 7.76. The smallest absolute Gasteiger partial charge is 0.272 e. The van der Waals surface area contributed by atoms with Gasteiger partial charge in [0.15, 0.2) is 11.5 Å². The van der Waals surface area contributed by atoms with E-state index in [1.165, 1.54) is 13.3 Å². The molecule has 154 valence electrons. The van der Waals surface area contributed by atoms with Gasteiger partial charge in [0.2, 0.25) is 0 Å². The Morgan fingerprint density at radius 2 is 1.83 bits per heavy atom. The zero-order chi connectivity index (χ0) is 21.5. The lowest BCUT2D eigenvalue weighted by Gasteiger charge is -2.14. The maximum absolute atomic E-state index is 12.2. The molecular weight excluding hydrogens is 491 g/mol. The van der Waals surface area contributed by atoms with E-state index in [0.717, 1.165) is 5.56 Å². The van der Waals surface area contributed by atoms with Crippen molar-refractivity contribution in [2.75, 3.05) is 7.11 Å². The highest BCUT2D eigenvalue weighted by Crippen LogP contribution is 2.37. The van der Waals surface area contributed by atoms with Gasteiger partial charge in [0.05, 0.1) is 23.9 Å². The topological polar surface area (TPSA) is 59.9 Å². The van der Waals surface area contributed by atoms with Crippen molar-refractivity contribution in [3.05, 3.63) is 91.9 Å². The van der Waals surface area contributed by atoms with Crippen molar-refractivity contribution in [1.82, 2.24) is 5.43 Å². The van der Waals surface area contributed by atoms with Crippen molar-refractivity contribution in [3.63, 3.8) is 0 Å². The fourth-order valence-electron chi connectivity index (χ4n) is 2.59. The molecule has 0 atom stereocenters. The Balaban J connectivity index is 1.72. The average molecular weight is 508 g/mol. The maximum atomic E-state index is 12.2. The van der Waals surface area contributed by atoms with Gasteiger partial charge >= 0.3 is 0 Å². The van der Waals surface area contributed by atoms with E-state index < -0.39 is 0 Å². The number of amides is 1. The molecule has 0 fully saturated rings. The molecule has 3 rings (SSSR count). The summed E-state index contributed by atoms with van der Waals surface area (Å²) in [6.45, 7) is 0.241. The zero-order valence-corrected chi connectivity index (χ0v) is 19.0. The molecule has 8 heteroatoms. The molecule has 1 N–H and O–H groups in total. The summed E-state index contributed by atoms with van der Waals surface area (Å²) in [7, 11) is 1.52. The number of hydrogen-bond donors (Lipinski definition) is 1. The first-order valence-electron chi connectivity index (χ1n) is 8.81. The molecule has 0 spiro atoms. The normalized spacial score (nSPS) is 10.8. The third-order valence-electron chi connectivity index (χ3n) is 4.08. The minimum absolute atomic E-state index is 0.241. The first-order valence-corrected chi connectivity index (χ1v) is 10.4. The Hall–Kier alpha value is -2.54. The fraction of sp³-hybridized carbons (Fsp3) is 0.0909. The predicted molar refractivity (Wildman–Crippen MR) is 123 cm³/mol. The van der Waals surface area contributed by atoms with Crippen LogP contribution in [-0.4, -0.2) is 19.2 Å². The van der Waals surface area contributed by atoms with Crippen molar-refractivity contribution in [2.45, 2.75) is 6.61 Å². The summed E-state index contributed by atoms with van der Waals surface area (Å²) in [5.74, 6) is 0.498. The molecule has 0 saturated heterocycles. The number of benzene rings is 3. The first-order chi connectivity index (χ1) is 14.5. The second kappa shape index (κ2) is 10.5. The third-order valence-corrected chi connectivity index (χ3v) is 5.42. The second-order valence-electron chi connectivity index (χ2n) is 6.09. The lowest BCUT2D eigenvalue weighted by molar-refractivity contribution is 0.0954. The van der Waals surface area contributed by atoms with Crippen molar-refractivity contribution in [2.24, 2.45) is 5.10 Å². The molecule has 0 aliphatic heterocycles. The number of ether oxygens (including phenoxy) is 2. The van der Waals surface area contributed by atoms with Crippen LogP contribution in [0.2, 0.25) is 10.0 Å². The summed E-state index contributed by atoms with van der Waals surface area (Å²) in [6.07, 6.45) is 1.47. The monoisotopic (exact) mass is 506 g/mol. The van der Waals surface area contributed by atoms with Gasteiger partial charge in [-0.1, -0.05) is 53.5 Å². The van der Waals surface area contributed by atoms with Crippen molar-refractivity contribution in [3.8, 4) is 11.5 Å². The van der Waals surface area contributed by atoms with Crippen LogP contribution in [0.25, 0.3) is 0 Å². The van der Waals surface area contributed by atoms with Crippen LogP contribution in [0.15, 0.2) is 70.2 Å². The number of carbonyl (C=O) groups is 1. The van der Waals surface area contributed by atoms with Gasteiger partial charge in [-0.25, -0.2) is 5.43 Å². The van der Waals surface area contributed by atoms with Crippen molar-refractivity contribution >= 4 is 51.3 Å². The molecule has 0 unspecified atom stereocenters. The molecule has 5 nitrogen and oxygen atoms in total. The minimum Gasteiger partial charge on any atom is -0.493 e. The van der Waals surface area contributed by atoms with Gasteiger partial charge in [-0.05, 0) is 51.8 Å². The molecule has 0 aromatic heterocycles. The number of hydrazone groups is 1.